The Morgan fingerprint density at radius 2 is 1.70 bits per heavy atom. The van der Waals surface area contributed by atoms with Crippen LogP contribution >= 0.6 is 0 Å². The van der Waals surface area contributed by atoms with Crippen molar-refractivity contribution in [2.24, 2.45) is 11.3 Å². The number of nitrogens with zero attached hydrogens (tertiary/aromatic N) is 2. The molecule has 1 aromatic carbocycles. The Hall–Kier alpha value is -2.78. The summed E-state index contributed by atoms with van der Waals surface area (Å²) in [7, 11) is -1.64. The Balaban J connectivity index is 1.72. The zero-order valence-electron chi connectivity index (χ0n) is 31.1. The molecule has 2 unspecified atom stereocenters. The number of allylic oxidation sites excluding steroid dienone is 3. The molecule has 0 N–H and O–H groups in total. The molecule has 1 aliphatic carbocycles. The van der Waals surface area contributed by atoms with Crippen LogP contribution in [0.3, 0.4) is 0 Å². The van der Waals surface area contributed by atoms with Gasteiger partial charge in [-0.15, -0.1) is 0 Å². The Bertz CT molecular complexity index is 1620. The second-order valence-corrected chi connectivity index (χ2v) is 22.1. The van der Waals surface area contributed by atoms with Crippen molar-refractivity contribution < 1.29 is 9.13 Å². The number of fused-ring (bicyclic) bond motifs is 3. The molecule has 2 aromatic heterocycles. The largest absolute Gasteiger partial charge is 0.249 e. The van der Waals surface area contributed by atoms with Gasteiger partial charge in [0.15, 0.2) is 18.1 Å². The highest BCUT2D eigenvalue weighted by atomic mass is 28.3. The highest BCUT2D eigenvalue weighted by Crippen LogP contribution is 2.45. The summed E-state index contributed by atoms with van der Waals surface area (Å²) in [4.78, 5) is 0. The van der Waals surface area contributed by atoms with E-state index in [9.17, 15) is 0 Å². The summed E-state index contributed by atoms with van der Waals surface area (Å²) < 4.78 is 5.15. The smallest absolute Gasteiger partial charge is 0.184 e. The van der Waals surface area contributed by atoms with Crippen molar-refractivity contribution in [3.63, 3.8) is 0 Å². The van der Waals surface area contributed by atoms with Crippen LogP contribution in [0.5, 0.6) is 0 Å². The van der Waals surface area contributed by atoms with Gasteiger partial charge in [0.05, 0.1) is 14.0 Å². The fourth-order valence-corrected chi connectivity index (χ4v) is 10.4. The van der Waals surface area contributed by atoms with E-state index in [1.807, 2.05) is 0 Å². The minimum atomic E-state index is -1.64. The van der Waals surface area contributed by atoms with E-state index < -0.39 is 8.07 Å². The van der Waals surface area contributed by atoms with E-state index in [2.05, 4.69) is 139 Å². The third-order valence-corrected chi connectivity index (χ3v) is 12.9. The number of pyridine rings is 2. The molecule has 246 valence electrons. The van der Waals surface area contributed by atoms with Crippen LogP contribution in [0, 0.1) is 25.2 Å². The molecule has 1 saturated carbocycles. The number of rotatable bonds is 10. The first kappa shape index (κ1) is 34.5. The molecular weight excluding hydrogens is 573 g/mol. The Morgan fingerprint density at radius 3 is 2.33 bits per heavy atom. The molecule has 2 atom stereocenters. The molecule has 3 heteroatoms. The van der Waals surface area contributed by atoms with Crippen molar-refractivity contribution in [3.8, 4) is 11.3 Å². The molecule has 2 aliphatic rings. The summed E-state index contributed by atoms with van der Waals surface area (Å²) in [5.41, 5.74) is 12.7. The first-order chi connectivity index (χ1) is 21.6. The lowest BCUT2D eigenvalue weighted by atomic mass is 9.75. The van der Waals surface area contributed by atoms with Crippen LogP contribution in [-0.4, -0.2) is 8.07 Å². The summed E-state index contributed by atoms with van der Waals surface area (Å²) in [6.07, 6.45) is 16.5. The molecule has 1 fully saturated rings. The molecule has 0 spiro atoms. The Kier molecular flexibility index (Phi) is 10.0. The van der Waals surface area contributed by atoms with E-state index in [1.165, 1.54) is 82.6 Å². The van der Waals surface area contributed by atoms with Crippen molar-refractivity contribution in [1.82, 2.24) is 0 Å². The minimum Gasteiger partial charge on any atom is -0.184 e. The standard InChI is InChI=1S/C43H62N2Si/c1-29(2)26-43(8,9)22-21-38-36-19-15-16-20-37(36)40-25-39(30(3)4)41(46(10,11)12)28-45(40)42(38)33(7)44-27-35(31(5)23-32(44)6)24-34-17-13-14-18-34/h15-16,19-20,23,25-28,30,34,38,42H,7,13-14,17-18,21-22,24H2,1-6,8-12H3/q+2. The number of hydrogen-bond acceptors (Lipinski definition) is 0. The van der Waals surface area contributed by atoms with Gasteiger partial charge in [-0.05, 0) is 86.6 Å². The quantitative estimate of drug-likeness (QED) is 0.119. The van der Waals surface area contributed by atoms with Gasteiger partial charge in [0, 0.05) is 35.4 Å². The van der Waals surface area contributed by atoms with Gasteiger partial charge >= 0.3 is 0 Å². The summed E-state index contributed by atoms with van der Waals surface area (Å²) in [5, 5.41) is 1.58. The topological polar surface area (TPSA) is 7.76 Å². The molecule has 0 amide bonds. The third-order valence-electron chi connectivity index (χ3n) is 10.9. The van der Waals surface area contributed by atoms with Crippen molar-refractivity contribution in [2.45, 2.75) is 138 Å². The van der Waals surface area contributed by atoms with Crippen LogP contribution in [0.4, 0.5) is 0 Å². The van der Waals surface area contributed by atoms with Crippen LogP contribution in [0.2, 0.25) is 19.6 Å². The average Bonchev–Trinajstić information content (AvgIpc) is 3.48. The van der Waals surface area contributed by atoms with E-state index in [4.69, 9.17) is 6.58 Å². The predicted octanol–water partition coefficient (Wildman–Crippen LogP) is 10.5. The lowest BCUT2D eigenvalue weighted by molar-refractivity contribution is -0.729. The minimum absolute atomic E-state index is 0.134. The van der Waals surface area contributed by atoms with Crippen molar-refractivity contribution in [1.29, 1.82) is 0 Å². The molecule has 46 heavy (non-hydrogen) atoms. The molecule has 0 bridgehead atoms. The van der Waals surface area contributed by atoms with Gasteiger partial charge in [0.2, 0.25) is 17.4 Å². The van der Waals surface area contributed by atoms with Crippen LogP contribution < -0.4 is 14.3 Å². The van der Waals surface area contributed by atoms with E-state index >= 15 is 0 Å². The zero-order chi connectivity index (χ0) is 33.6. The molecule has 2 nitrogen and oxygen atoms in total. The molecule has 3 heterocycles. The second kappa shape index (κ2) is 13.4. The fraction of sp³-hybridized carbons (Fsp3) is 0.535. The van der Waals surface area contributed by atoms with Crippen molar-refractivity contribution in [3.05, 3.63) is 95.0 Å². The maximum Gasteiger partial charge on any atom is 0.249 e. The van der Waals surface area contributed by atoms with Gasteiger partial charge in [-0.1, -0.05) is 103 Å². The van der Waals surface area contributed by atoms with E-state index in [1.54, 1.807) is 5.19 Å². The van der Waals surface area contributed by atoms with Crippen molar-refractivity contribution in [2.75, 3.05) is 0 Å². The second-order valence-electron chi connectivity index (χ2n) is 17.1. The molecule has 1 aliphatic heterocycles. The number of benzene rings is 1. The van der Waals surface area contributed by atoms with Crippen molar-refractivity contribution >= 4 is 19.0 Å². The van der Waals surface area contributed by atoms with Crippen LogP contribution in [-0.2, 0) is 6.42 Å². The average molecular weight is 635 g/mol. The van der Waals surface area contributed by atoms with Gasteiger partial charge in [-0.2, -0.15) is 9.13 Å². The molecular formula is C43H62N2Si+2. The van der Waals surface area contributed by atoms with Crippen LogP contribution in [0.25, 0.3) is 17.0 Å². The third kappa shape index (κ3) is 7.20. The summed E-state index contributed by atoms with van der Waals surface area (Å²) >= 11 is 0. The molecule has 5 rings (SSSR count). The van der Waals surface area contributed by atoms with Gasteiger partial charge in [-0.25, -0.2) is 0 Å². The van der Waals surface area contributed by atoms with E-state index in [-0.39, 0.29) is 11.5 Å². The monoisotopic (exact) mass is 634 g/mol. The van der Waals surface area contributed by atoms with E-state index in [0.717, 1.165) is 18.8 Å². The number of aryl methyl sites for hydroxylation is 2. The van der Waals surface area contributed by atoms with Gasteiger partial charge in [0.25, 0.3) is 0 Å². The lowest BCUT2D eigenvalue weighted by Gasteiger charge is -2.33. The van der Waals surface area contributed by atoms with Crippen LogP contribution in [0.1, 0.15) is 126 Å². The Labute approximate surface area is 282 Å². The number of aromatic nitrogens is 2. The van der Waals surface area contributed by atoms with E-state index in [0.29, 0.717) is 11.8 Å². The van der Waals surface area contributed by atoms with Crippen LogP contribution in [0.15, 0.2) is 67.0 Å². The molecule has 0 saturated heterocycles. The first-order valence-electron chi connectivity index (χ1n) is 18.1. The first-order valence-corrected chi connectivity index (χ1v) is 21.6. The SMILES string of the molecule is C=C(C1C(CCC(C)(C)C=C(C)C)c2ccccc2-c2cc(C(C)C)c([Si](C)(C)C)c[n+]21)[n+]1cc(CC2CCCC2)c(C)cc1C. The maximum atomic E-state index is 5.02. The number of hydrogen-bond donors (Lipinski definition) is 0. The lowest BCUT2D eigenvalue weighted by Crippen LogP contribution is -2.57. The van der Waals surface area contributed by atoms with Gasteiger partial charge in [-0.3, -0.25) is 0 Å². The summed E-state index contributed by atoms with van der Waals surface area (Å²) in [6.45, 7) is 31.2. The highest BCUT2D eigenvalue weighted by molar-refractivity contribution is 6.89. The highest BCUT2D eigenvalue weighted by Gasteiger charge is 2.47. The zero-order valence-corrected chi connectivity index (χ0v) is 32.1. The molecule has 0 radical (unpaired) electrons. The maximum absolute atomic E-state index is 5.02. The van der Waals surface area contributed by atoms with Gasteiger partial charge < -0.3 is 0 Å². The van der Waals surface area contributed by atoms with Gasteiger partial charge in [0.1, 0.15) is 0 Å². The predicted molar refractivity (Wildman–Crippen MR) is 200 cm³/mol. The summed E-state index contributed by atoms with van der Waals surface area (Å²) in [6, 6.07) is 14.4. The molecule has 3 aromatic rings. The fourth-order valence-electron chi connectivity index (χ4n) is 8.67. The normalized spacial score (nSPS) is 18.4. The Morgan fingerprint density at radius 1 is 1.02 bits per heavy atom. The summed E-state index contributed by atoms with van der Waals surface area (Å²) in [5.74, 6) is 1.63.